The Morgan fingerprint density at radius 2 is 1.85 bits per heavy atom. The second kappa shape index (κ2) is 8.98. The summed E-state index contributed by atoms with van der Waals surface area (Å²) in [4.78, 5) is 17.4. The van der Waals surface area contributed by atoms with Crippen molar-refractivity contribution in [3.8, 4) is 0 Å². The van der Waals surface area contributed by atoms with Gasteiger partial charge >= 0.3 is 0 Å². The van der Waals surface area contributed by atoms with Crippen LogP contribution in [-0.4, -0.2) is 48.4 Å². The Hall–Kier alpha value is -1.42. The first-order chi connectivity index (χ1) is 12.5. The highest BCUT2D eigenvalue weighted by Crippen LogP contribution is 2.25. The number of nitrogens with zero attached hydrogens (tertiary/aromatic N) is 2. The van der Waals surface area contributed by atoms with E-state index in [1.165, 1.54) is 44.5 Å². The molecule has 0 spiro atoms. The second-order valence-corrected chi connectivity index (χ2v) is 8.49. The molecular weight excluding hydrogens is 327 g/mol. The minimum Gasteiger partial charge on any atom is -0.342 e. The van der Waals surface area contributed by atoms with Gasteiger partial charge in [-0.1, -0.05) is 26.0 Å². The summed E-state index contributed by atoms with van der Waals surface area (Å²) < 4.78 is 13.1. The van der Waals surface area contributed by atoms with Crippen LogP contribution in [0.25, 0.3) is 0 Å². The fourth-order valence-electron chi connectivity index (χ4n) is 4.35. The Morgan fingerprint density at radius 3 is 2.54 bits per heavy atom. The van der Waals surface area contributed by atoms with Crippen LogP contribution in [0.1, 0.15) is 57.4 Å². The number of likely N-dealkylation sites (tertiary alicyclic amines) is 2. The van der Waals surface area contributed by atoms with Gasteiger partial charge in [0, 0.05) is 26.1 Å². The molecule has 2 aliphatic heterocycles. The van der Waals surface area contributed by atoms with Gasteiger partial charge in [-0.15, -0.1) is 0 Å². The molecule has 26 heavy (non-hydrogen) atoms. The molecule has 0 saturated carbocycles. The summed E-state index contributed by atoms with van der Waals surface area (Å²) >= 11 is 0. The Morgan fingerprint density at radius 1 is 1.15 bits per heavy atom. The molecule has 2 unspecified atom stereocenters. The van der Waals surface area contributed by atoms with Crippen molar-refractivity contribution >= 4 is 5.91 Å². The third-order valence-electron chi connectivity index (χ3n) is 6.18. The van der Waals surface area contributed by atoms with Crippen molar-refractivity contribution in [1.82, 2.24) is 9.80 Å². The molecule has 0 aromatic heterocycles. The smallest absolute Gasteiger partial charge is 0.223 e. The molecule has 0 N–H and O–H groups in total. The summed E-state index contributed by atoms with van der Waals surface area (Å²) in [5, 5.41) is 0. The monoisotopic (exact) mass is 360 g/mol. The highest BCUT2D eigenvalue weighted by Gasteiger charge is 2.27. The zero-order chi connectivity index (χ0) is 18.5. The van der Waals surface area contributed by atoms with E-state index in [0.717, 1.165) is 37.5 Å². The van der Waals surface area contributed by atoms with E-state index < -0.39 is 0 Å². The molecule has 0 radical (unpaired) electrons. The largest absolute Gasteiger partial charge is 0.342 e. The highest BCUT2D eigenvalue weighted by atomic mass is 19.1. The van der Waals surface area contributed by atoms with Crippen molar-refractivity contribution in [2.24, 2.45) is 11.8 Å². The van der Waals surface area contributed by atoms with Gasteiger partial charge in [-0.25, -0.2) is 4.39 Å². The number of hydrogen-bond donors (Lipinski definition) is 0. The number of benzene rings is 1. The number of carbonyl (C=O) groups is 1. The first-order valence-electron chi connectivity index (χ1n) is 10.3. The molecule has 0 aliphatic carbocycles. The number of amides is 1. The Bertz CT molecular complexity index is 580. The van der Waals surface area contributed by atoms with E-state index in [1.807, 2.05) is 0 Å². The minimum absolute atomic E-state index is 0.132. The Kier molecular flexibility index (Phi) is 6.68. The lowest BCUT2D eigenvalue weighted by atomic mass is 9.93. The molecule has 2 atom stereocenters. The first-order valence-corrected chi connectivity index (χ1v) is 10.3. The molecule has 0 bridgehead atoms. The summed E-state index contributed by atoms with van der Waals surface area (Å²) in [6.45, 7) is 9.77. The predicted octanol–water partition coefficient (Wildman–Crippen LogP) is 4.29. The number of halogens is 1. The van der Waals surface area contributed by atoms with Crippen LogP contribution >= 0.6 is 0 Å². The second-order valence-electron chi connectivity index (χ2n) is 8.49. The molecule has 3 rings (SSSR count). The van der Waals surface area contributed by atoms with Crippen LogP contribution < -0.4 is 0 Å². The number of rotatable bonds is 5. The standard InChI is InChI=1S/C22H33FN2O/c1-17-9-12-24(13-10-17)15-19-4-3-11-25(16-19)22(26)14-18(2)20-5-7-21(23)8-6-20/h5-8,17-19H,3-4,9-16H2,1-2H3. The molecular formula is C22H33FN2O. The van der Waals surface area contributed by atoms with Gasteiger partial charge in [0.1, 0.15) is 5.82 Å². The number of piperidine rings is 2. The molecule has 1 aromatic carbocycles. The van der Waals surface area contributed by atoms with Gasteiger partial charge in [-0.05, 0) is 74.2 Å². The lowest BCUT2D eigenvalue weighted by Gasteiger charge is -2.38. The summed E-state index contributed by atoms with van der Waals surface area (Å²) in [6.07, 6.45) is 5.49. The zero-order valence-electron chi connectivity index (χ0n) is 16.3. The number of hydrogen-bond acceptors (Lipinski definition) is 2. The molecule has 1 amide bonds. The van der Waals surface area contributed by atoms with Crippen molar-refractivity contribution in [1.29, 1.82) is 0 Å². The summed E-state index contributed by atoms with van der Waals surface area (Å²) in [7, 11) is 0. The Balaban J connectivity index is 1.48. The van der Waals surface area contributed by atoms with Crippen LogP contribution in [-0.2, 0) is 4.79 Å². The SMILES string of the molecule is CC1CCN(CC2CCCN(C(=O)CC(C)c3ccc(F)cc3)C2)CC1. The van der Waals surface area contributed by atoms with Crippen LogP contribution in [0.2, 0.25) is 0 Å². The van der Waals surface area contributed by atoms with E-state index in [2.05, 4.69) is 23.6 Å². The molecule has 4 heteroatoms. The summed E-state index contributed by atoms with van der Waals surface area (Å²) in [6, 6.07) is 6.55. The average molecular weight is 361 g/mol. The molecule has 144 valence electrons. The molecule has 2 aliphatic rings. The molecule has 2 fully saturated rings. The summed E-state index contributed by atoms with van der Waals surface area (Å²) in [5.41, 5.74) is 1.04. The van der Waals surface area contributed by atoms with E-state index in [0.29, 0.717) is 12.3 Å². The number of carbonyl (C=O) groups excluding carboxylic acids is 1. The van der Waals surface area contributed by atoms with Crippen LogP contribution in [0.5, 0.6) is 0 Å². The molecule has 2 saturated heterocycles. The topological polar surface area (TPSA) is 23.6 Å². The minimum atomic E-state index is -0.224. The maximum absolute atomic E-state index is 13.1. The fourth-order valence-corrected chi connectivity index (χ4v) is 4.35. The van der Waals surface area contributed by atoms with E-state index in [1.54, 1.807) is 12.1 Å². The van der Waals surface area contributed by atoms with Gasteiger partial charge in [0.2, 0.25) is 5.91 Å². The normalized spacial score (nSPS) is 23.8. The van der Waals surface area contributed by atoms with Gasteiger partial charge in [0.05, 0.1) is 0 Å². The quantitative estimate of drug-likeness (QED) is 0.782. The highest BCUT2D eigenvalue weighted by molar-refractivity contribution is 5.77. The predicted molar refractivity (Wildman–Crippen MR) is 104 cm³/mol. The van der Waals surface area contributed by atoms with E-state index in [4.69, 9.17) is 0 Å². The Labute approximate surface area is 157 Å². The van der Waals surface area contributed by atoms with Crippen molar-refractivity contribution in [3.05, 3.63) is 35.6 Å². The van der Waals surface area contributed by atoms with Crippen LogP contribution in [0.3, 0.4) is 0 Å². The first kappa shape index (κ1) is 19.3. The maximum Gasteiger partial charge on any atom is 0.223 e. The van der Waals surface area contributed by atoms with Crippen molar-refractivity contribution in [2.45, 2.75) is 51.9 Å². The molecule has 2 heterocycles. The fraction of sp³-hybridized carbons (Fsp3) is 0.682. The van der Waals surface area contributed by atoms with Crippen LogP contribution in [0.4, 0.5) is 4.39 Å². The van der Waals surface area contributed by atoms with Crippen molar-refractivity contribution < 1.29 is 9.18 Å². The van der Waals surface area contributed by atoms with Crippen molar-refractivity contribution in [3.63, 3.8) is 0 Å². The third-order valence-corrected chi connectivity index (χ3v) is 6.18. The third kappa shape index (κ3) is 5.29. The van der Waals surface area contributed by atoms with E-state index in [9.17, 15) is 9.18 Å². The van der Waals surface area contributed by atoms with E-state index >= 15 is 0 Å². The van der Waals surface area contributed by atoms with Gasteiger partial charge in [-0.2, -0.15) is 0 Å². The molecule has 1 aromatic rings. The van der Waals surface area contributed by atoms with Crippen molar-refractivity contribution in [2.75, 3.05) is 32.7 Å². The summed E-state index contributed by atoms with van der Waals surface area (Å²) in [5.74, 6) is 1.63. The van der Waals surface area contributed by atoms with Gasteiger partial charge in [0.25, 0.3) is 0 Å². The average Bonchev–Trinajstić information content (AvgIpc) is 2.64. The lowest BCUT2D eigenvalue weighted by Crippen LogP contribution is -2.45. The van der Waals surface area contributed by atoms with Crippen LogP contribution in [0.15, 0.2) is 24.3 Å². The van der Waals surface area contributed by atoms with Gasteiger partial charge in [0.15, 0.2) is 0 Å². The maximum atomic E-state index is 13.1. The van der Waals surface area contributed by atoms with Gasteiger partial charge in [-0.3, -0.25) is 4.79 Å². The molecule has 3 nitrogen and oxygen atoms in total. The van der Waals surface area contributed by atoms with Gasteiger partial charge < -0.3 is 9.80 Å². The van der Waals surface area contributed by atoms with Crippen LogP contribution in [0, 0.1) is 17.7 Å². The van der Waals surface area contributed by atoms with E-state index in [-0.39, 0.29) is 17.6 Å². The lowest BCUT2D eigenvalue weighted by molar-refractivity contribution is -0.133. The zero-order valence-corrected chi connectivity index (χ0v) is 16.3.